The first-order valence-corrected chi connectivity index (χ1v) is 10.9. The van der Waals surface area contributed by atoms with Gasteiger partial charge in [-0.2, -0.15) is 0 Å². The van der Waals surface area contributed by atoms with Gasteiger partial charge in [0, 0.05) is 0 Å². The van der Waals surface area contributed by atoms with E-state index in [1.54, 1.807) is 18.2 Å². The Labute approximate surface area is 168 Å². The molecule has 2 fully saturated rings. The Morgan fingerprint density at radius 1 is 0.750 bits per heavy atom. The van der Waals surface area contributed by atoms with E-state index in [1.807, 2.05) is 0 Å². The second-order valence-corrected chi connectivity index (χ2v) is 8.61. The number of fused-ring (bicyclic) bond motifs is 2. The minimum absolute atomic E-state index is 0.400. The summed E-state index contributed by atoms with van der Waals surface area (Å²) in [6.07, 6.45) is 19.1. The zero-order valence-corrected chi connectivity index (χ0v) is 16.9. The summed E-state index contributed by atoms with van der Waals surface area (Å²) >= 11 is 0. The molecule has 0 aromatic rings. The molecule has 0 saturated heterocycles. The van der Waals surface area contributed by atoms with Crippen molar-refractivity contribution in [3.63, 3.8) is 0 Å². The Hall–Kier alpha value is -1.86. The van der Waals surface area contributed by atoms with Crippen molar-refractivity contribution in [2.24, 2.45) is 38.1 Å². The van der Waals surface area contributed by atoms with Crippen LogP contribution in [0.25, 0.3) is 0 Å². The van der Waals surface area contributed by atoms with Crippen LogP contribution in [0, 0.1) is 23.2 Å². The summed E-state index contributed by atoms with van der Waals surface area (Å²) in [7, 11) is 0. The molecule has 2 aliphatic carbocycles. The van der Waals surface area contributed by atoms with Gasteiger partial charge in [0.2, 0.25) is 18.2 Å². The zero-order valence-electron chi connectivity index (χ0n) is 16.9. The number of hydrogen-bond donors (Lipinski definition) is 0. The van der Waals surface area contributed by atoms with Crippen molar-refractivity contribution >= 4 is 18.2 Å². The maximum absolute atomic E-state index is 10.5. The first kappa shape index (κ1) is 22.4. The van der Waals surface area contributed by atoms with Crippen molar-refractivity contribution in [3.8, 4) is 0 Å². The van der Waals surface area contributed by atoms with Crippen LogP contribution in [-0.2, 0) is 14.4 Å². The fourth-order valence-corrected chi connectivity index (χ4v) is 5.77. The second kappa shape index (κ2) is 12.6. The molecule has 0 aliphatic heterocycles. The number of unbranched alkanes of at least 4 members (excludes halogenated alkanes) is 5. The third kappa shape index (κ3) is 6.63. The lowest BCUT2D eigenvalue weighted by atomic mass is 9.67. The van der Waals surface area contributed by atoms with Crippen molar-refractivity contribution < 1.29 is 14.4 Å². The van der Waals surface area contributed by atoms with Crippen molar-refractivity contribution in [2.45, 2.75) is 77.0 Å². The lowest BCUT2D eigenvalue weighted by molar-refractivity contribution is 0.127. The molecule has 154 valence electrons. The van der Waals surface area contributed by atoms with E-state index in [0.717, 1.165) is 31.6 Å². The Balaban J connectivity index is 1.77. The number of isocyanates is 3. The summed E-state index contributed by atoms with van der Waals surface area (Å²) in [6.45, 7) is 1.84. The molecule has 0 heterocycles. The van der Waals surface area contributed by atoms with Gasteiger partial charge in [-0.25, -0.2) is 29.4 Å². The van der Waals surface area contributed by atoms with Gasteiger partial charge in [-0.05, 0) is 68.1 Å². The number of rotatable bonds is 15. The molecule has 0 aromatic carbocycles. The molecule has 6 nitrogen and oxygen atoms in total. The quantitative estimate of drug-likeness (QED) is 0.235. The van der Waals surface area contributed by atoms with E-state index >= 15 is 0 Å². The Bertz CT molecular complexity index is 619. The van der Waals surface area contributed by atoms with Gasteiger partial charge in [-0.15, -0.1) is 0 Å². The highest BCUT2D eigenvalue weighted by Crippen LogP contribution is 2.63. The predicted molar refractivity (Wildman–Crippen MR) is 107 cm³/mol. The van der Waals surface area contributed by atoms with Gasteiger partial charge in [0.05, 0.1) is 19.6 Å². The standard InChI is InChI=1S/C22H33N3O3/c26-16-23-10-6-4-2-1-3-5-9-22-13-19(20(14-22)15-25-18-28)12-21(22)8-7-11-24-17-27/h19-21H,1-15H2. The molecule has 0 spiro atoms. The third-order valence-electron chi connectivity index (χ3n) is 6.99. The SMILES string of the molecule is O=C=NCCCCCCCCC12CC(CN=C=O)C(CC1CCCN=C=O)C2. The van der Waals surface area contributed by atoms with Crippen molar-refractivity contribution in [1.82, 2.24) is 0 Å². The molecule has 2 aliphatic rings. The van der Waals surface area contributed by atoms with Gasteiger partial charge < -0.3 is 0 Å². The van der Waals surface area contributed by atoms with Gasteiger partial charge in [0.25, 0.3) is 0 Å². The van der Waals surface area contributed by atoms with Crippen LogP contribution < -0.4 is 0 Å². The summed E-state index contributed by atoms with van der Waals surface area (Å²) in [6, 6.07) is 0. The molecule has 0 amide bonds. The van der Waals surface area contributed by atoms with Gasteiger partial charge in [0.15, 0.2) is 0 Å². The molecule has 2 rings (SSSR count). The topological polar surface area (TPSA) is 88.3 Å². The molecule has 6 heteroatoms. The van der Waals surface area contributed by atoms with Crippen LogP contribution in [0.3, 0.4) is 0 Å². The number of aliphatic imine (C=N–C) groups is 3. The maximum atomic E-state index is 10.5. The van der Waals surface area contributed by atoms with E-state index in [4.69, 9.17) is 0 Å². The molecule has 4 unspecified atom stereocenters. The highest BCUT2D eigenvalue weighted by Gasteiger charge is 2.54. The maximum Gasteiger partial charge on any atom is 0.234 e. The minimum Gasteiger partial charge on any atom is -0.211 e. The van der Waals surface area contributed by atoms with E-state index < -0.39 is 0 Å². The fourth-order valence-electron chi connectivity index (χ4n) is 5.77. The van der Waals surface area contributed by atoms with Gasteiger partial charge >= 0.3 is 0 Å². The predicted octanol–water partition coefficient (Wildman–Crippen LogP) is 4.54. The summed E-state index contributed by atoms with van der Waals surface area (Å²) in [5.74, 6) is 1.95. The Kier molecular flexibility index (Phi) is 10.1. The highest BCUT2D eigenvalue weighted by atomic mass is 16.1. The number of carbonyl (C=O) groups excluding carboxylic acids is 3. The largest absolute Gasteiger partial charge is 0.234 e. The number of nitrogens with zero attached hydrogens (tertiary/aromatic N) is 3. The van der Waals surface area contributed by atoms with E-state index in [2.05, 4.69) is 15.0 Å². The second-order valence-electron chi connectivity index (χ2n) is 8.61. The molecule has 4 atom stereocenters. The minimum atomic E-state index is 0.400. The Morgan fingerprint density at radius 2 is 1.39 bits per heavy atom. The van der Waals surface area contributed by atoms with Crippen LogP contribution in [0.5, 0.6) is 0 Å². The monoisotopic (exact) mass is 387 g/mol. The Morgan fingerprint density at radius 3 is 2.11 bits per heavy atom. The van der Waals surface area contributed by atoms with Crippen molar-refractivity contribution in [2.75, 3.05) is 19.6 Å². The third-order valence-corrected chi connectivity index (χ3v) is 6.99. The van der Waals surface area contributed by atoms with Gasteiger partial charge in [-0.3, -0.25) is 0 Å². The summed E-state index contributed by atoms with van der Waals surface area (Å²) in [4.78, 5) is 42.0. The fraction of sp³-hybridized carbons (Fsp3) is 0.864. The smallest absolute Gasteiger partial charge is 0.211 e. The molecule has 2 saturated carbocycles. The van der Waals surface area contributed by atoms with E-state index in [0.29, 0.717) is 36.9 Å². The lowest BCUT2D eigenvalue weighted by Gasteiger charge is -2.38. The lowest BCUT2D eigenvalue weighted by Crippen LogP contribution is -2.29. The van der Waals surface area contributed by atoms with Crippen LogP contribution in [0.2, 0.25) is 0 Å². The van der Waals surface area contributed by atoms with Crippen molar-refractivity contribution in [3.05, 3.63) is 0 Å². The molecular formula is C22H33N3O3. The zero-order chi connectivity index (χ0) is 20.1. The van der Waals surface area contributed by atoms with Gasteiger partial charge in [0.1, 0.15) is 0 Å². The molecular weight excluding hydrogens is 354 g/mol. The van der Waals surface area contributed by atoms with Gasteiger partial charge in [-0.1, -0.05) is 32.1 Å². The first-order chi connectivity index (χ1) is 13.8. The van der Waals surface area contributed by atoms with E-state index in [9.17, 15) is 14.4 Å². The normalized spacial score (nSPS) is 27.6. The van der Waals surface area contributed by atoms with E-state index in [1.165, 1.54) is 51.4 Å². The van der Waals surface area contributed by atoms with Crippen molar-refractivity contribution in [1.29, 1.82) is 0 Å². The molecule has 0 N–H and O–H groups in total. The average Bonchev–Trinajstić information content (AvgIpc) is 3.23. The first-order valence-electron chi connectivity index (χ1n) is 10.9. The van der Waals surface area contributed by atoms with Crippen LogP contribution in [-0.4, -0.2) is 37.9 Å². The molecule has 2 bridgehead atoms. The highest BCUT2D eigenvalue weighted by molar-refractivity contribution is 5.33. The van der Waals surface area contributed by atoms with Crippen LogP contribution in [0.4, 0.5) is 0 Å². The number of hydrogen-bond acceptors (Lipinski definition) is 6. The van der Waals surface area contributed by atoms with Crippen LogP contribution in [0.1, 0.15) is 77.0 Å². The summed E-state index contributed by atoms with van der Waals surface area (Å²) in [5.41, 5.74) is 0.400. The van der Waals surface area contributed by atoms with Crippen LogP contribution in [0.15, 0.2) is 15.0 Å². The molecule has 28 heavy (non-hydrogen) atoms. The summed E-state index contributed by atoms with van der Waals surface area (Å²) in [5, 5.41) is 0. The summed E-state index contributed by atoms with van der Waals surface area (Å²) < 4.78 is 0. The molecule has 0 radical (unpaired) electrons. The van der Waals surface area contributed by atoms with Crippen LogP contribution >= 0.6 is 0 Å². The van der Waals surface area contributed by atoms with E-state index in [-0.39, 0.29) is 0 Å². The molecule has 0 aromatic heterocycles. The average molecular weight is 388 g/mol.